The van der Waals surface area contributed by atoms with Crippen molar-refractivity contribution in [3.63, 3.8) is 0 Å². The number of allylic oxidation sites excluding steroid dienone is 3. The van der Waals surface area contributed by atoms with Crippen LogP contribution < -0.4 is 5.32 Å². The average Bonchev–Trinajstić information content (AvgIpc) is 3.45. The van der Waals surface area contributed by atoms with E-state index in [4.69, 9.17) is 4.74 Å². The molecule has 2 atom stereocenters. The Balaban J connectivity index is 3.40. The van der Waals surface area contributed by atoms with Crippen LogP contribution in [0.15, 0.2) is 24.3 Å². The van der Waals surface area contributed by atoms with Crippen molar-refractivity contribution in [3.8, 4) is 0 Å². The zero-order valence-electron chi connectivity index (χ0n) is 53.6. The highest BCUT2D eigenvalue weighted by Crippen LogP contribution is 2.19. The molecule has 79 heavy (non-hydrogen) atoms. The van der Waals surface area contributed by atoms with Crippen LogP contribution in [0.1, 0.15) is 406 Å². The third kappa shape index (κ3) is 65.4. The summed E-state index contributed by atoms with van der Waals surface area (Å²) >= 11 is 0. The molecule has 468 valence electrons. The minimum absolute atomic E-state index is 0.00748. The quantitative estimate of drug-likeness (QED) is 0.0320. The van der Waals surface area contributed by atoms with Gasteiger partial charge < -0.3 is 20.3 Å². The number of aliphatic hydroxyl groups excluding tert-OH is 2. The van der Waals surface area contributed by atoms with Crippen LogP contribution in [0.4, 0.5) is 0 Å². The summed E-state index contributed by atoms with van der Waals surface area (Å²) in [6, 6.07) is -0.629. The largest absolute Gasteiger partial charge is 0.466 e. The molecule has 0 aliphatic rings. The molecule has 0 aliphatic heterocycles. The molecule has 0 radical (unpaired) electrons. The van der Waals surface area contributed by atoms with Crippen molar-refractivity contribution in [2.45, 2.75) is 418 Å². The number of hydrogen-bond donors (Lipinski definition) is 3. The van der Waals surface area contributed by atoms with Crippen molar-refractivity contribution in [2.75, 3.05) is 13.2 Å². The summed E-state index contributed by atoms with van der Waals surface area (Å²) in [5, 5.41) is 23.3. The van der Waals surface area contributed by atoms with E-state index < -0.39 is 12.1 Å². The van der Waals surface area contributed by atoms with Crippen LogP contribution in [0, 0.1) is 0 Å². The number of hydrogen-bond acceptors (Lipinski definition) is 5. The maximum absolute atomic E-state index is 12.5. The molecule has 0 spiro atoms. The highest BCUT2D eigenvalue weighted by molar-refractivity contribution is 5.76. The summed E-state index contributed by atoms with van der Waals surface area (Å²) in [7, 11) is 0. The van der Waals surface area contributed by atoms with Gasteiger partial charge in [0, 0.05) is 12.8 Å². The summed E-state index contributed by atoms with van der Waals surface area (Å²) in [4.78, 5) is 24.6. The monoisotopic (exact) mass is 1110 g/mol. The van der Waals surface area contributed by atoms with E-state index in [2.05, 4.69) is 31.3 Å². The first-order chi connectivity index (χ1) is 39.0. The molecular formula is C73H141NO5. The Labute approximate surface area is 494 Å². The number of amides is 1. The molecular weight excluding hydrogens is 971 g/mol. The number of aliphatic hydroxyl groups is 2. The maximum Gasteiger partial charge on any atom is 0.305 e. The number of ether oxygens (including phenoxy) is 1. The number of esters is 1. The predicted molar refractivity (Wildman–Crippen MR) is 347 cm³/mol. The molecule has 0 aromatic carbocycles. The van der Waals surface area contributed by atoms with Crippen molar-refractivity contribution in [1.82, 2.24) is 5.32 Å². The fourth-order valence-electron chi connectivity index (χ4n) is 11.5. The number of nitrogens with one attached hydrogen (secondary N) is 1. The Bertz CT molecular complexity index is 1230. The molecule has 6 heteroatoms. The second-order valence-electron chi connectivity index (χ2n) is 24.9. The van der Waals surface area contributed by atoms with E-state index in [0.29, 0.717) is 19.4 Å². The SMILES string of the molecule is CCCCCCCCC/C=C\CCCCCCCC(=O)OCCCCCCCCCCCCCCCCCCCCCCCCCC(=O)NC(CO)C(O)/C=C/CCCCCCCCCCCCCCCCCCCCCCC. The Morgan fingerprint density at radius 1 is 0.342 bits per heavy atom. The summed E-state index contributed by atoms with van der Waals surface area (Å²) in [5.74, 6) is -0.0555. The van der Waals surface area contributed by atoms with Crippen LogP contribution in [0.2, 0.25) is 0 Å². The molecule has 0 rings (SSSR count). The molecule has 0 aromatic heterocycles. The topological polar surface area (TPSA) is 95.9 Å². The van der Waals surface area contributed by atoms with Gasteiger partial charge in [0.25, 0.3) is 0 Å². The van der Waals surface area contributed by atoms with Crippen LogP contribution in [-0.2, 0) is 14.3 Å². The van der Waals surface area contributed by atoms with Gasteiger partial charge in [-0.2, -0.15) is 0 Å². The average molecular weight is 1110 g/mol. The molecule has 0 aromatic rings. The van der Waals surface area contributed by atoms with Gasteiger partial charge in [0.2, 0.25) is 5.91 Å². The van der Waals surface area contributed by atoms with Crippen LogP contribution >= 0.6 is 0 Å². The summed E-state index contributed by atoms with van der Waals surface area (Å²) in [6.45, 7) is 4.94. The number of unbranched alkanes of at least 4 members (excludes halogenated alkanes) is 55. The van der Waals surface area contributed by atoms with E-state index in [1.165, 1.54) is 334 Å². The van der Waals surface area contributed by atoms with E-state index in [1.807, 2.05) is 6.08 Å². The number of carbonyl (C=O) groups excluding carboxylic acids is 2. The molecule has 6 nitrogen and oxygen atoms in total. The Morgan fingerprint density at radius 3 is 0.899 bits per heavy atom. The van der Waals surface area contributed by atoms with Gasteiger partial charge in [-0.05, 0) is 57.8 Å². The van der Waals surface area contributed by atoms with E-state index in [0.717, 1.165) is 44.9 Å². The Kier molecular flexibility index (Phi) is 67.4. The van der Waals surface area contributed by atoms with Crippen molar-refractivity contribution in [2.24, 2.45) is 0 Å². The highest BCUT2D eigenvalue weighted by Gasteiger charge is 2.18. The van der Waals surface area contributed by atoms with E-state index in [1.54, 1.807) is 6.08 Å². The van der Waals surface area contributed by atoms with Gasteiger partial charge in [-0.1, -0.05) is 359 Å². The van der Waals surface area contributed by atoms with Crippen LogP contribution in [-0.4, -0.2) is 47.4 Å². The van der Waals surface area contributed by atoms with Crippen molar-refractivity contribution in [3.05, 3.63) is 24.3 Å². The molecule has 0 aliphatic carbocycles. The highest BCUT2D eigenvalue weighted by atomic mass is 16.5. The molecule has 1 amide bonds. The van der Waals surface area contributed by atoms with Crippen LogP contribution in [0.3, 0.4) is 0 Å². The van der Waals surface area contributed by atoms with Crippen LogP contribution in [0.5, 0.6) is 0 Å². The zero-order valence-corrected chi connectivity index (χ0v) is 53.6. The molecule has 2 unspecified atom stereocenters. The summed E-state index contributed by atoms with van der Waals surface area (Å²) in [6.07, 6.45) is 86.9. The van der Waals surface area contributed by atoms with E-state index in [-0.39, 0.29) is 18.5 Å². The summed E-state index contributed by atoms with van der Waals surface area (Å²) < 4.78 is 5.50. The van der Waals surface area contributed by atoms with Gasteiger partial charge in [0.15, 0.2) is 0 Å². The lowest BCUT2D eigenvalue weighted by Crippen LogP contribution is -2.45. The third-order valence-corrected chi connectivity index (χ3v) is 17.0. The second kappa shape index (κ2) is 68.8. The lowest BCUT2D eigenvalue weighted by atomic mass is 10.0. The van der Waals surface area contributed by atoms with Crippen molar-refractivity contribution < 1.29 is 24.5 Å². The van der Waals surface area contributed by atoms with E-state index in [9.17, 15) is 19.8 Å². The third-order valence-electron chi connectivity index (χ3n) is 17.0. The minimum Gasteiger partial charge on any atom is -0.466 e. The molecule has 0 saturated heterocycles. The number of carbonyl (C=O) groups is 2. The molecule has 0 saturated carbocycles. The first-order valence-corrected chi connectivity index (χ1v) is 36.1. The van der Waals surface area contributed by atoms with Crippen molar-refractivity contribution >= 4 is 11.9 Å². The van der Waals surface area contributed by atoms with E-state index >= 15 is 0 Å². The first-order valence-electron chi connectivity index (χ1n) is 36.1. The molecule has 0 fully saturated rings. The Morgan fingerprint density at radius 2 is 0.595 bits per heavy atom. The minimum atomic E-state index is -0.845. The van der Waals surface area contributed by atoms with Crippen molar-refractivity contribution in [1.29, 1.82) is 0 Å². The second-order valence-corrected chi connectivity index (χ2v) is 24.9. The lowest BCUT2D eigenvalue weighted by Gasteiger charge is -2.20. The van der Waals surface area contributed by atoms with Gasteiger partial charge in [-0.25, -0.2) is 0 Å². The summed E-state index contributed by atoms with van der Waals surface area (Å²) in [5.41, 5.74) is 0. The molecule has 0 heterocycles. The van der Waals surface area contributed by atoms with Crippen LogP contribution in [0.25, 0.3) is 0 Å². The smallest absolute Gasteiger partial charge is 0.305 e. The maximum atomic E-state index is 12.5. The molecule has 0 bridgehead atoms. The predicted octanol–water partition coefficient (Wildman–Crippen LogP) is 23.3. The fourth-order valence-corrected chi connectivity index (χ4v) is 11.5. The van der Waals surface area contributed by atoms with Gasteiger partial charge in [0.1, 0.15) is 0 Å². The van der Waals surface area contributed by atoms with Gasteiger partial charge >= 0.3 is 5.97 Å². The number of rotatable bonds is 68. The first kappa shape index (κ1) is 77.3. The van der Waals surface area contributed by atoms with Gasteiger partial charge in [-0.3, -0.25) is 9.59 Å². The normalized spacial score (nSPS) is 12.6. The van der Waals surface area contributed by atoms with Gasteiger partial charge in [-0.15, -0.1) is 0 Å². The standard InChI is InChI=1S/C73H141NO5/c1-3-5-7-9-11-13-15-17-19-21-22-23-25-28-31-34-37-41-45-49-53-57-61-65-71(76)70(69-75)74-72(77)66-62-58-54-50-46-42-38-35-32-29-26-24-27-30-33-36-40-44-48-52-56-60-64-68-79-73(78)67-63-59-55-51-47-43-39-20-18-16-14-12-10-8-6-4-2/h20,39,61,65,70-71,75-76H,3-19,21-38,40-60,62-64,66-69H2,1-2H3,(H,74,77)/b39-20-,65-61+. The van der Waals surface area contributed by atoms with Gasteiger partial charge in [0.05, 0.1) is 25.4 Å². The zero-order chi connectivity index (χ0) is 57.1. The molecule has 3 N–H and O–H groups in total. The fraction of sp³-hybridized carbons (Fsp3) is 0.918. The lowest BCUT2D eigenvalue weighted by molar-refractivity contribution is -0.143. The Hall–Kier alpha value is -1.66.